The Balaban J connectivity index is 1.86. The second-order valence-electron chi connectivity index (χ2n) is 6.03. The van der Waals surface area contributed by atoms with Crippen molar-refractivity contribution in [3.8, 4) is 11.3 Å². The van der Waals surface area contributed by atoms with Crippen LogP contribution in [0.15, 0.2) is 65.8 Å². The van der Waals surface area contributed by atoms with Crippen molar-refractivity contribution >= 4 is 43.8 Å². The van der Waals surface area contributed by atoms with Crippen LogP contribution in [-0.2, 0) is 10.0 Å². The number of fused-ring (bicyclic) bond motifs is 1. The molecule has 5 nitrogen and oxygen atoms in total. The van der Waals surface area contributed by atoms with Gasteiger partial charge in [0.05, 0.1) is 20.4 Å². The molecule has 4 aromatic rings. The predicted octanol–water partition coefficient (Wildman–Crippen LogP) is 4.39. The summed E-state index contributed by atoms with van der Waals surface area (Å²) >= 11 is 2.04. The van der Waals surface area contributed by atoms with E-state index in [9.17, 15) is 12.8 Å². The highest BCUT2D eigenvalue weighted by molar-refractivity contribution is 14.1. The zero-order chi connectivity index (χ0) is 19.2. The van der Waals surface area contributed by atoms with Gasteiger partial charge in [-0.1, -0.05) is 17.7 Å². The van der Waals surface area contributed by atoms with Crippen LogP contribution >= 0.6 is 22.6 Å². The molecule has 2 aromatic heterocycles. The van der Waals surface area contributed by atoms with Gasteiger partial charge in [-0.2, -0.15) is 0 Å². The monoisotopic (exact) mass is 493 g/mol. The minimum Gasteiger partial charge on any atom is -0.242 e. The standard InChI is InChI=1S/C19H13FIN3O2S/c1-12-2-8-15(9-3-12)27(25,26)24-11-16(21)18-19(24)22-10-17(23-18)13-4-6-14(20)7-5-13/h2-11H,1H3. The zero-order valence-electron chi connectivity index (χ0n) is 14.1. The van der Waals surface area contributed by atoms with Gasteiger partial charge < -0.3 is 0 Å². The highest BCUT2D eigenvalue weighted by Gasteiger charge is 2.22. The van der Waals surface area contributed by atoms with Gasteiger partial charge in [0, 0.05) is 11.8 Å². The van der Waals surface area contributed by atoms with Crippen LogP contribution in [0.3, 0.4) is 0 Å². The summed E-state index contributed by atoms with van der Waals surface area (Å²) in [7, 11) is -3.78. The second-order valence-corrected chi connectivity index (χ2v) is 9.00. The van der Waals surface area contributed by atoms with Crippen molar-refractivity contribution in [3.63, 3.8) is 0 Å². The van der Waals surface area contributed by atoms with Gasteiger partial charge >= 0.3 is 0 Å². The maximum absolute atomic E-state index is 13.1. The van der Waals surface area contributed by atoms with Crippen molar-refractivity contribution in [1.29, 1.82) is 0 Å². The molecule has 0 radical (unpaired) electrons. The Morgan fingerprint density at radius 1 is 1.04 bits per heavy atom. The third kappa shape index (κ3) is 3.23. The van der Waals surface area contributed by atoms with Gasteiger partial charge in [-0.05, 0) is 65.9 Å². The van der Waals surface area contributed by atoms with Gasteiger partial charge in [0.2, 0.25) is 0 Å². The quantitative estimate of drug-likeness (QED) is 0.398. The van der Waals surface area contributed by atoms with Crippen molar-refractivity contribution in [2.45, 2.75) is 11.8 Å². The van der Waals surface area contributed by atoms with Crippen LogP contribution < -0.4 is 0 Å². The van der Waals surface area contributed by atoms with Gasteiger partial charge in [0.25, 0.3) is 10.0 Å². The van der Waals surface area contributed by atoms with E-state index in [-0.39, 0.29) is 16.4 Å². The topological polar surface area (TPSA) is 64.8 Å². The highest BCUT2D eigenvalue weighted by atomic mass is 127. The summed E-state index contributed by atoms with van der Waals surface area (Å²) < 4.78 is 41.0. The Hall–Kier alpha value is -2.33. The van der Waals surface area contributed by atoms with Crippen molar-refractivity contribution < 1.29 is 12.8 Å². The minimum absolute atomic E-state index is 0.186. The fourth-order valence-corrected chi connectivity index (χ4v) is 4.84. The first-order valence-electron chi connectivity index (χ1n) is 7.98. The van der Waals surface area contributed by atoms with E-state index < -0.39 is 10.0 Å². The number of hydrogen-bond donors (Lipinski definition) is 0. The lowest BCUT2D eigenvalue weighted by Gasteiger charge is -2.07. The molecule has 27 heavy (non-hydrogen) atoms. The smallest absolute Gasteiger partial charge is 0.242 e. The zero-order valence-corrected chi connectivity index (χ0v) is 17.1. The third-order valence-electron chi connectivity index (χ3n) is 4.14. The van der Waals surface area contributed by atoms with Crippen LogP contribution in [-0.4, -0.2) is 22.4 Å². The van der Waals surface area contributed by atoms with Gasteiger partial charge in [-0.15, -0.1) is 0 Å². The molecule has 0 N–H and O–H groups in total. The molecule has 0 aliphatic rings. The molecule has 0 saturated carbocycles. The molecule has 2 heterocycles. The van der Waals surface area contributed by atoms with E-state index in [4.69, 9.17) is 0 Å². The van der Waals surface area contributed by atoms with Gasteiger partial charge in [-0.25, -0.2) is 26.7 Å². The number of hydrogen-bond acceptors (Lipinski definition) is 4. The fraction of sp³-hybridized carbons (Fsp3) is 0.0526. The van der Waals surface area contributed by atoms with E-state index in [1.54, 1.807) is 36.4 Å². The van der Waals surface area contributed by atoms with E-state index in [0.29, 0.717) is 20.3 Å². The summed E-state index contributed by atoms with van der Waals surface area (Å²) in [6, 6.07) is 12.6. The molecule has 0 fully saturated rings. The number of nitrogens with zero attached hydrogens (tertiary/aromatic N) is 3. The molecule has 0 amide bonds. The maximum Gasteiger partial charge on any atom is 0.269 e. The third-order valence-corrected chi connectivity index (χ3v) is 6.59. The van der Waals surface area contributed by atoms with Crippen LogP contribution in [0.2, 0.25) is 0 Å². The first-order chi connectivity index (χ1) is 12.9. The van der Waals surface area contributed by atoms with E-state index in [2.05, 4.69) is 9.97 Å². The molecular formula is C19H13FIN3O2S. The lowest BCUT2D eigenvalue weighted by Crippen LogP contribution is -2.12. The predicted molar refractivity (Wildman–Crippen MR) is 109 cm³/mol. The van der Waals surface area contributed by atoms with Crippen molar-refractivity contribution in [1.82, 2.24) is 13.9 Å². The van der Waals surface area contributed by atoms with E-state index in [1.807, 2.05) is 29.5 Å². The normalized spacial score (nSPS) is 11.8. The van der Waals surface area contributed by atoms with Gasteiger partial charge in [0.1, 0.15) is 11.3 Å². The number of halogens is 2. The van der Waals surface area contributed by atoms with E-state index >= 15 is 0 Å². The fourth-order valence-electron chi connectivity index (χ4n) is 2.70. The molecule has 0 saturated heterocycles. The first-order valence-corrected chi connectivity index (χ1v) is 10.5. The van der Waals surface area contributed by atoms with Gasteiger partial charge in [-0.3, -0.25) is 0 Å². The van der Waals surface area contributed by atoms with Crippen LogP contribution in [0.25, 0.3) is 22.4 Å². The van der Waals surface area contributed by atoms with Crippen LogP contribution in [0.5, 0.6) is 0 Å². The Labute approximate surface area is 169 Å². The molecule has 0 atom stereocenters. The SMILES string of the molecule is Cc1ccc(S(=O)(=O)n2cc(I)c3nc(-c4ccc(F)cc4)cnc32)cc1. The maximum atomic E-state index is 13.1. The van der Waals surface area contributed by atoms with Crippen molar-refractivity contribution in [2.75, 3.05) is 0 Å². The second kappa shape index (κ2) is 6.68. The van der Waals surface area contributed by atoms with Crippen LogP contribution in [0, 0.1) is 16.3 Å². The summed E-state index contributed by atoms with van der Waals surface area (Å²) in [5.41, 5.74) is 2.96. The van der Waals surface area contributed by atoms with Crippen molar-refractivity contribution in [3.05, 3.63) is 75.9 Å². The average molecular weight is 493 g/mol. The summed E-state index contributed by atoms with van der Waals surface area (Å²) in [6.07, 6.45) is 3.00. The molecule has 2 aromatic carbocycles. The van der Waals surface area contributed by atoms with Crippen LogP contribution in [0.4, 0.5) is 4.39 Å². The Bertz CT molecular complexity index is 1250. The Morgan fingerprint density at radius 2 is 1.70 bits per heavy atom. The summed E-state index contributed by atoms with van der Waals surface area (Å²) in [5, 5.41) is 0. The average Bonchev–Trinajstić information content (AvgIpc) is 3.00. The van der Waals surface area contributed by atoms with Crippen molar-refractivity contribution in [2.24, 2.45) is 0 Å². The molecule has 0 aliphatic carbocycles. The van der Waals surface area contributed by atoms with E-state index in [0.717, 1.165) is 9.54 Å². The molecule has 8 heteroatoms. The number of rotatable bonds is 3. The lowest BCUT2D eigenvalue weighted by atomic mass is 10.1. The summed E-state index contributed by atoms with van der Waals surface area (Å²) in [6.45, 7) is 1.90. The first kappa shape index (κ1) is 18.1. The Morgan fingerprint density at radius 3 is 2.37 bits per heavy atom. The molecule has 0 bridgehead atoms. The molecule has 0 unspecified atom stereocenters. The number of aromatic nitrogens is 3. The number of benzene rings is 2. The Kier molecular flexibility index (Phi) is 4.47. The minimum atomic E-state index is -3.78. The highest BCUT2D eigenvalue weighted by Crippen LogP contribution is 2.27. The summed E-state index contributed by atoms with van der Waals surface area (Å²) in [4.78, 5) is 9.06. The molecular weight excluding hydrogens is 480 g/mol. The lowest BCUT2D eigenvalue weighted by molar-refractivity contribution is 0.588. The van der Waals surface area contributed by atoms with E-state index in [1.165, 1.54) is 24.5 Å². The largest absolute Gasteiger partial charge is 0.269 e. The molecule has 136 valence electrons. The molecule has 4 rings (SSSR count). The number of aryl methyl sites for hydroxylation is 1. The summed E-state index contributed by atoms with van der Waals surface area (Å²) in [5.74, 6) is -0.335. The van der Waals surface area contributed by atoms with Gasteiger partial charge in [0.15, 0.2) is 5.65 Å². The molecule has 0 aliphatic heterocycles. The molecule has 0 spiro atoms. The van der Waals surface area contributed by atoms with Crippen LogP contribution in [0.1, 0.15) is 5.56 Å².